The molecule has 0 saturated heterocycles. The normalized spacial score (nSPS) is 12.2. The Bertz CT molecular complexity index is 661. The molecule has 0 bridgehead atoms. The van der Waals surface area contributed by atoms with Gasteiger partial charge in [0.25, 0.3) is 0 Å². The summed E-state index contributed by atoms with van der Waals surface area (Å²) in [5.41, 5.74) is 1.62. The number of benzene rings is 2. The fourth-order valence-electron chi connectivity index (χ4n) is 2.17. The monoisotopic (exact) mass is 336 g/mol. The van der Waals surface area contributed by atoms with Gasteiger partial charge in [-0.2, -0.15) is 0 Å². The summed E-state index contributed by atoms with van der Waals surface area (Å²) in [4.78, 5) is 14.1. The molecule has 0 heterocycles. The van der Waals surface area contributed by atoms with Crippen molar-refractivity contribution in [2.75, 3.05) is 18.9 Å². The summed E-state index contributed by atoms with van der Waals surface area (Å²) in [5, 5.41) is 4.04. The maximum Gasteiger partial charge on any atom is 0.238 e. The molecule has 116 valence electrons. The Hall–Kier alpha value is -1.55. The highest BCUT2D eigenvalue weighted by Gasteiger charge is 2.17. The molecule has 1 N–H and O–H groups in total. The minimum Gasteiger partial charge on any atom is -0.324 e. The lowest BCUT2D eigenvalue weighted by Crippen LogP contribution is -2.32. The highest BCUT2D eigenvalue weighted by molar-refractivity contribution is 6.33. The fourth-order valence-corrected chi connectivity index (χ4v) is 2.64. The zero-order valence-corrected chi connectivity index (χ0v) is 14.0. The largest absolute Gasteiger partial charge is 0.324 e. The van der Waals surface area contributed by atoms with Gasteiger partial charge in [-0.15, -0.1) is 0 Å². The van der Waals surface area contributed by atoms with E-state index in [1.807, 2.05) is 55.3 Å². The van der Waals surface area contributed by atoms with E-state index in [9.17, 15) is 4.79 Å². The average Bonchev–Trinajstić information content (AvgIpc) is 2.49. The summed E-state index contributed by atoms with van der Waals surface area (Å²) >= 11 is 12.2. The van der Waals surface area contributed by atoms with Crippen molar-refractivity contribution in [2.24, 2.45) is 0 Å². The molecule has 0 radical (unpaired) electrons. The van der Waals surface area contributed by atoms with Gasteiger partial charge in [-0.25, -0.2) is 0 Å². The molecule has 0 aromatic heterocycles. The highest BCUT2D eigenvalue weighted by atomic mass is 35.5. The molecule has 0 aliphatic heterocycles. The third-order valence-corrected chi connectivity index (χ3v) is 4.23. The number of nitrogens with zero attached hydrogens (tertiary/aromatic N) is 1. The zero-order chi connectivity index (χ0) is 16.1. The van der Waals surface area contributed by atoms with Crippen LogP contribution in [0.2, 0.25) is 10.0 Å². The summed E-state index contributed by atoms with van der Waals surface area (Å²) < 4.78 is 0. The molecule has 0 aliphatic carbocycles. The average molecular weight is 337 g/mol. The first-order valence-corrected chi connectivity index (χ1v) is 7.73. The smallest absolute Gasteiger partial charge is 0.238 e. The van der Waals surface area contributed by atoms with E-state index in [1.165, 1.54) is 0 Å². The molecular formula is C17H18Cl2N2O. The van der Waals surface area contributed by atoms with Crippen LogP contribution in [-0.4, -0.2) is 24.4 Å². The molecule has 5 heteroatoms. The topological polar surface area (TPSA) is 32.3 Å². The van der Waals surface area contributed by atoms with Crippen molar-refractivity contribution in [3.63, 3.8) is 0 Å². The molecule has 3 nitrogen and oxygen atoms in total. The minimum absolute atomic E-state index is 0.0331. The van der Waals surface area contributed by atoms with Crippen molar-refractivity contribution >= 4 is 34.8 Å². The number of amides is 1. The quantitative estimate of drug-likeness (QED) is 0.863. The number of halogens is 2. The van der Waals surface area contributed by atoms with Gasteiger partial charge in [0.2, 0.25) is 5.91 Å². The molecule has 22 heavy (non-hydrogen) atoms. The number of anilines is 1. The van der Waals surface area contributed by atoms with Crippen molar-refractivity contribution in [3.8, 4) is 0 Å². The van der Waals surface area contributed by atoms with Crippen molar-refractivity contribution in [3.05, 3.63) is 64.1 Å². The Balaban J connectivity index is 1.99. The number of carbonyl (C=O) groups excluding carboxylic acids is 1. The van der Waals surface area contributed by atoms with Crippen LogP contribution in [0.1, 0.15) is 18.5 Å². The van der Waals surface area contributed by atoms with Crippen LogP contribution >= 0.6 is 23.2 Å². The van der Waals surface area contributed by atoms with E-state index < -0.39 is 0 Å². The number of rotatable bonds is 5. The third kappa shape index (κ3) is 4.23. The molecule has 1 atom stereocenters. The van der Waals surface area contributed by atoms with Crippen LogP contribution in [0.15, 0.2) is 48.5 Å². The highest BCUT2D eigenvalue weighted by Crippen LogP contribution is 2.26. The summed E-state index contributed by atoms with van der Waals surface area (Å²) in [6.07, 6.45) is 0. The lowest BCUT2D eigenvalue weighted by molar-refractivity contribution is -0.117. The van der Waals surface area contributed by atoms with Crippen LogP contribution in [0, 0.1) is 0 Å². The Morgan fingerprint density at radius 1 is 1.09 bits per heavy atom. The minimum atomic E-state index is -0.116. The third-order valence-electron chi connectivity index (χ3n) is 3.56. The van der Waals surface area contributed by atoms with Gasteiger partial charge in [-0.3, -0.25) is 9.69 Å². The lowest BCUT2D eigenvalue weighted by Gasteiger charge is -2.25. The Morgan fingerprint density at radius 2 is 1.68 bits per heavy atom. The van der Waals surface area contributed by atoms with Gasteiger partial charge < -0.3 is 5.32 Å². The molecule has 0 spiro atoms. The SMILES string of the molecule is CC(c1ccccc1Cl)N(C)CC(=O)Nc1ccccc1Cl. The first-order chi connectivity index (χ1) is 10.5. The molecule has 2 aromatic rings. The van der Waals surface area contributed by atoms with Crippen molar-refractivity contribution < 1.29 is 4.79 Å². The van der Waals surface area contributed by atoms with Crippen LogP contribution < -0.4 is 5.32 Å². The first kappa shape index (κ1) is 16.8. The van der Waals surface area contributed by atoms with E-state index in [0.717, 1.165) is 5.56 Å². The van der Waals surface area contributed by atoms with E-state index in [2.05, 4.69) is 5.32 Å². The maximum atomic E-state index is 12.2. The molecule has 1 amide bonds. The molecule has 0 saturated carbocycles. The summed E-state index contributed by atoms with van der Waals surface area (Å²) in [5.74, 6) is -0.116. The van der Waals surface area contributed by atoms with Crippen molar-refractivity contribution in [1.29, 1.82) is 0 Å². The van der Waals surface area contributed by atoms with E-state index in [1.54, 1.807) is 12.1 Å². The Labute approximate surface area is 140 Å². The molecule has 1 unspecified atom stereocenters. The molecule has 2 rings (SSSR count). The van der Waals surface area contributed by atoms with Gasteiger partial charge in [0.15, 0.2) is 0 Å². The Kier molecular flexibility index (Phi) is 5.83. The second-order valence-corrected chi connectivity index (χ2v) is 5.96. The van der Waals surface area contributed by atoms with Gasteiger partial charge in [-0.05, 0) is 37.7 Å². The maximum absolute atomic E-state index is 12.2. The predicted molar refractivity (Wildman–Crippen MR) is 92.6 cm³/mol. The Morgan fingerprint density at radius 3 is 2.32 bits per heavy atom. The molecule has 0 aliphatic rings. The van der Waals surface area contributed by atoms with E-state index in [0.29, 0.717) is 15.7 Å². The molecule has 2 aromatic carbocycles. The van der Waals surface area contributed by atoms with E-state index in [-0.39, 0.29) is 18.5 Å². The van der Waals surface area contributed by atoms with Crippen LogP contribution in [0.5, 0.6) is 0 Å². The summed E-state index contributed by atoms with van der Waals surface area (Å²) in [6.45, 7) is 2.27. The molecule has 0 fully saturated rings. The number of nitrogens with one attached hydrogen (secondary N) is 1. The fraction of sp³-hybridized carbons (Fsp3) is 0.235. The van der Waals surface area contributed by atoms with E-state index in [4.69, 9.17) is 23.2 Å². The van der Waals surface area contributed by atoms with Crippen LogP contribution in [0.25, 0.3) is 0 Å². The van der Waals surface area contributed by atoms with Gasteiger partial charge in [0.05, 0.1) is 17.3 Å². The van der Waals surface area contributed by atoms with Gasteiger partial charge in [0.1, 0.15) is 0 Å². The first-order valence-electron chi connectivity index (χ1n) is 6.98. The second kappa shape index (κ2) is 7.63. The summed E-state index contributed by atoms with van der Waals surface area (Å²) in [6, 6.07) is 14.9. The van der Waals surface area contributed by atoms with Gasteiger partial charge in [-0.1, -0.05) is 53.5 Å². The van der Waals surface area contributed by atoms with Crippen LogP contribution in [0.3, 0.4) is 0 Å². The lowest BCUT2D eigenvalue weighted by atomic mass is 10.1. The predicted octanol–water partition coefficient (Wildman–Crippen LogP) is 4.62. The van der Waals surface area contributed by atoms with Crippen molar-refractivity contribution in [2.45, 2.75) is 13.0 Å². The number of para-hydroxylation sites is 1. The summed E-state index contributed by atoms with van der Waals surface area (Å²) in [7, 11) is 1.89. The number of hydrogen-bond donors (Lipinski definition) is 1. The van der Waals surface area contributed by atoms with Crippen molar-refractivity contribution in [1.82, 2.24) is 4.90 Å². The number of carbonyl (C=O) groups is 1. The standard InChI is InChI=1S/C17H18Cl2N2O/c1-12(13-7-3-4-8-14(13)18)21(2)11-17(22)20-16-10-6-5-9-15(16)19/h3-10,12H,11H2,1-2H3,(H,20,22). The van der Waals surface area contributed by atoms with E-state index >= 15 is 0 Å². The number of likely N-dealkylation sites (N-methyl/N-ethyl adjacent to an activating group) is 1. The van der Waals surface area contributed by atoms with Crippen LogP contribution in [-0.2, 0) is 4.79 Å². The van der Waals surface area contributed by atoms with Crippen LogP contribution in [0.4, 0.5) is 5.69 Å². The van der Waals surface area contributed by atoms with Gasteiger partial charge in [0, 0.05) is 11.1 Å². The zero-order valence-electron chi connectivity index (χ0n) is 12.5. The number of hydrogen-bond acceptors (Lipinski definition) is 2. The second-order valence-electron chi connectivity index (χ2n) is 5.14. The van der Waals surface area contributed by atoms with Gasteiger partial charge >= 0.3 is 0 Å². The molecular weight excluding hydrogens is 319 g/mol.